The maximum Gasteiger partial charge on any atom is 0.328 e. The SMILES string of the molecule is COC(=O)[C@H](Cc1ccc(O[C@H]2CCNC2)cc1)NC(=O)c1c(Cl)cccc1Cl.Cl. The third kappa shape index (κ3) is 6.25. The molecule has 0 bridgehead atoms. The standard InChI is InChI=1S/C21H22Cl2N2O4.ClH/c1-28-21(27)18(25-20(26)19-16(22)3-2-4-17(19)23)11-13-5-7-14(8-6-13)29-15-9-10-24-12-15;/h2-8,15,18,24H,9-12H2,1H3,(H,25,26);1H/t15-,18-;/m0./s1. The number of nitrogens with one attached hydrogen (secondary N) is 2. The highest BCUT2D eigenvalue weighted by atomic mass is 35.5. The molecule has 0 aromatic heterocycles. The van der Waals surface area contributed by atoms with Crippen LogP contribution in [0.1, 0.15) is 22.3 Å². The Morgan fingerprint density at radius 2 is 1.83 bits per heavy atom. The van der Waals surface area contributed by atoms with Gasteiger partial charge in [0.05, 0.1) is 22.7 Å². The highest BCUT2D eigenvalue weighted by Gasteiger charge is 2.25. The largest absolute Gasteiger partial charge is 0.489 e. The van der Waals surface area contributed by atoms with Crippen molar-refractivity contribution in [2.75, 3.05) is 20.2 Å². The zero-order valence-corrected chi connectivity index (χ0v) is 18.7. The van der Waals surface area contributed by atoms with E-state index in [0.29, 0.717) is 0 Å². The van der Waals surface area contributed by atoms with Crippen LogP contribution in [-0.2, 0) is 16.0 Å². The summed E-state index contributed by atoms with van der Waals surface area (Å²) in [7, 11) is 1.27. The van der Waals surface area contributed by atoms with Gasteiger partial charge in [0.1, 0.15) is 17.9 Å². The van der Waals surface area contributed by atoms with Crippen LogP contribution in [0.2, 0.25) is 10.0 Å². The number of esters is 1. The molecule has 0 unspecified atom stereocenters. The molecule has 1 saturated heterocycles. The zero-order valence-electron chi connectivity index (χ0n) is 16.3. The fourth-order valence-electron chi connectivity index (χ4n) is 3.14. The second kappa shape index (κ2) is 11.4. The molecule has 9 heteroatoms. The topological polar surface area (TPSA) is 76.7 Å². The molecule has 1 fully saturated rings. The lowest BCUT2D eigenvalue weighted by atomic mass is 10.0. The van der Waals surface area contributed by atoms with Crippen molar-refractivity contribution in [1.82, 2.24) is 10.6 Å². The smallest absolute Gasteiger partial charge is 0.328 e. The molecular formula is C21H23Cl3N2O4. The maximum absolute atomic E-state index is 12.6. The Morgan fingerprint density at radius 1 is 1.17 bits per heavy atom. The van der Waals surface area contributed by atoms with Gasteiger partial charge in [0.15, 0.2) is 0 Å². The fourth-order valence-corrected chi connectivity index (χ4v) is 3.71. The summed E-state index contributed by atoms with van der Waals surface area (Å²) in [6.45, 7) is 1.79. The lowest BCUT2D eigenvalue weighted by Gasteiger charge is -2.18. The van der Waals surface area contributed by atoms with Crippen LogP contribution in [0.4, 0.5) is 0 Å². The Labute approximate surface area is 191 Å². The van der Waals surface area contributed by atoms with Crippen LogP contribution in [0, 0.1) is 0 Å². The van der Waals surface area contributed by atoms with Crippen molar-refractivity contribution in [3.8, 4) is 5.75 Å². The van der Waals surface area contributed by atoms with Crippen LogP contribution < -0.4 is 15.4 Å². The summed E-state index contributed by atoms with van der Waals surface area (Å²) in [4.78, 5) is 24.9. The van der Waals surface area contributed by atoms with E-state index in [1.165, 1.54) is 7.11 Å². The Bertz CT molecular complexity index is 851. The van der Waals surface area contributed by atoms with Gasteiger partial charge in [0.2, 0.25) is 0 Å². The minimum absolute atomic E-state index is 0. The number of carbonyl (C=O) groups is 2. The molecule has 2 atom stereocenters. The Kier molecular flexibility index (Phi) is 9.24. The van der Waals surface area contributed by atoms with Gasteiger partial charge in [-0.25, -0.2) is 4.79 Å². The first-order valence-electron chi connectivity index (χ1n) is 9.27. The minimum atomic E-state index is -0.884. The Morgan fingerprint density at radius 3 is 2.40 bits per heavy atom. The van der Waals surface area contributed by atoms with Crippen LogP contribution in [0.25, 0.3) is 0 Å². The van der Waals surface area contributed by atoms with Crippen LogP contribution in [0.15, 0.2) is 42.5 Å². The molecule has 2 N–H and O–H groups in total. The number of hydrogen-bond acceptors (Lipinski definition) is 5. The van der Waals surface area contributed by atoms with Gasteiger partial charge in [-0.3, -0.25) is 4.79 Å². The van der Waals surface area contributed by atoms with Gasteiger partial charge >= 0.3 is 5.97 Å². The molecule has 2 aromatic carbocycles. The number of hydrogen-bond donors (Lipinski definition) is 2. The van der Waals surface area contributed by atoms with Crippen LogP contribution in [0.5, 0.6) is 5.75 Å². The summed E-state index contributed by atoms with van der Waals surface area (Å²) < 4.78 is 10.7. The highest BCUT2D eigenvalue weighted by molar-refractivity contribution is 6.39. The summed E-state index contributed by atoms with van der Waals surface area (Å²) in [6.07, 6.45) is 1.40. The molecule has 30 heavy (non-hydrogen) atoms. The van der Waals surface area contributed by atoms with E-state index in [1.807, 2.05) is 24.3 Å². The average Bonchev–Trinajstić information content (AvgIpc) is 3.21. The van der Waals surface area contributed by atoms with Gasteiger partial charge in [0, 0.05) is 13.0 Å². The van der Waals surface area contributed by atoms with Crippen molar-refractivity contribution in [3.63, 3.8) is 0 Å². The molecule has 0 spiro atoms. The van der Waals surface area contributed by atoms with Crippen LogP contribution in [0.3, 0.4) is 0 Å². The number of rotatable bonds is 7. The maximum atomic E-state index is 12.6. The molecule has 2 aromatic rings. The molecule has 1 aliphatic heterocycles. The first-order chi connectivity index (χ1) is 14.0. The lowest BCUT2D eigenvalue weighted by molar-refractivity contribution is -0.142. The van der Waals surface area contributed by atoms with Gasteiger partial charge < -0.3 is 20.1 Å². The van der Waals surface area contributed by atoms with Gasteiger partial charge in [-0.05, 0) is 42.8 Å². The Hall–Kier alpha value is -1.99. The molecular weight excluding hydrogens is 451 g/mol. The van der Waals surface area contributed by atoms with Gasteiger partial charge in [-0.1, -0.05) is 41.4 Å². The van der Waals surface area contributed by atoms with E-state index in [9.17, 15) is 9.59 Å². The molecule has 0 aliphatic carbocycles. The summed E-state index contributed by atoms with van der Waals surface area (Å²) in [6, 6.07) is 11.3. The second-order valence-corrected chi connectivity index (χ2v) is 7.54. The predicted octanol–water partition coefficient (Wildman–Crippen LogP) is 3.67. The van der Waals surface area contributed by atoms with Gasteiger partial charge in [-0.2, -0.15) is 0 Å². The molecule has 162 valence electrons. The van der Waals surface area contributed by atoms with Crippen LogP contribution in [-0.4, -0.2) is 44.2 Å². The minimum Gasteiger partial charge on any atom is -0.489 e. The van der Waals surface area contributed by atoms with E-state index in [0.717, 1.165) is 30.8 Å². The number of halogens is 3. The van der Waals surface area contributed by atoms with E-state index in [-0.39, 0.29) is 40.5 Å². The van der Waals surface area contributed by atoms with Crippen molar-refractivity contribution in [2.45, 2.75) is 25.0 Å². The predicted molar refractivity (Wildman–Crippen MR) is 119 cm³/mol. The van der Waals surface area contributed by atoms with Crippen LogP contribution >= 0.6 is 35.6 Å². The van der Waals surface area contributed by atoms with E-state index in [4.69, 9.17) is 32.7 Å². The summed E-state index contributed by atoms with van der Waals surface area (Å²) >= 11 is 12.2. The van der Waals surface area contributed by atoms with Crippen molar-refractivity contribution in [3.05, 3.63) is 63.6 Å². The number of ether oxygens (including phenoxy) is 2. The highest BCUT2D eigenvalue weighted by Crippen LogP contribution is 2.24. The molecule has 3 rings (SSSR count). The average molecular weight is 474 g/mol. The molecule has 1 amide bonds. The summed E-state index contributed by atoms with van der Waals surface area (Å²) in [5.74, 6) is -0.326. The first-order valence-corrected chi connectivity index (χ1v) is 10.0. The third-order valence-corrected chi connectivity index (χ3v) is 5.29. The van der Waals surface area contributed by atoms with Crippen molar-refractivity contribution in [1.29, 1.82) is 0 Å². The number of benzene rings is 2. The number of methoxy groups -OCH3 is 1. The number of amides is 1. The molecule has 6 nitrogen and oxygen atoms in total. The van der Waals surface area contributed by atoms with E-state index in [1.54, 1.807) is 18.2 Å². The van der Waals surface area contributed by atoms with Crippen molar-refractivity contribution >= 4 is 47.5 Å². The normalized spacial score (nSPS) is 16.3. The van der Waals surface area contributed by atoms with Crippen molar-refractivity contribution < 1.29 is 19.1 Å². The second-order valence-electron chi connectivity index (χ2n) is 6.73. The molecule has 0 saturated carbocycles. The summed E-state index contributed by atoms with van der Waals surface area (Å²) in [5.41, 5.74) is 0.974. The van der Waals surface area contributed by atoms with Gasteiger partial charge in [0.25, 0.3) is 5.91 Å². The van der Waals surface area contributed by atoms with E-state index < -0.39 is 17.9 Å². The number of carbonyl (C=O) groups excluding carboxylic acids is 2. The van der Waals surface area contributed by atoms with Crippen molar-refractivity contribution in [2.24, 2.45) is 0 Å². The van der Waals surface area contributed by atoms with E-state index >= 15 is 0 Å². The lowest BCUT2D eigenvalue weighted by Crippen LogP contribution is -2.43. The quantitative estimate of drug-likeness (QED) is 0.600. The van der Waals surface area contributed by atoms with Gasteiger partial charge in [-0.15, -0.1) is 12.4 Å². The Balaban J connectivity index is 0.00000320. The zero-order chi connectivity index (χ0) is 20.8. The fraction of sp³-hybridized carbons (Fsp3) is 0.333. The first kappa shape index (κ1) is 24.3. The third-order valence-electron chi connectivity index (χ3n) is 4.66. The molecule has 1 aliphatic rings. The molecule has 1 heterocycles. The van der Waals surface area contributed by atoms with E-state index in [2.05, 4.69) is 10.6 Å². The summed E-state index contributed by atoms with van der Waals surface area (Å²) in [5, 5.41) is 6.34. The monoisotopic (exact) mass is 472 g/mol. The molecule has 0 radical (unpaired) electrons.